The van der Waals surface area contributed by atoms with Crippen molar-refractivity contribution in [3.8, 4) is 11.5 Å². The van der Waals surface area contributed by atoms with Crippen LogP contribution in [0.5, 0.6) is 11.5 Å². The lowest BCUT2D eigenvalue weighted by atomic mass is 9.83. The number of para-hydroxylation sites is 1. The van der Waals surface area contributed by atoms with Gasteiger partial charge in [0.1, 0.15) is 18.1 Å². The Morgan fingerprint density at radius 2 is 1.92 bits per heavy atom. The fourth-order valence-corrected chi connectivity index (χ4v) is 6.15. The molecule has 1 aliphatic heterocycles. The zero-order valence-electron chi connectivity index (χ0n) is 20.5. The largest absolute Gasteiger partial charge is 0.497 e. The molecule has 1 aromatic heterocycles. The molecule has 0 N–H and O–H groups in total. The number of fused-ring (bicyclic) bond motifs is 3. The third-order valence-electron chi connectivity index (χ3n) is 6.84. The zero-order chi connectivity index (χ0) is 25.4. The van der Waals surface area contributed by atoms with E-state index in [1.54, 1.807) is 13.2 Å². The Kier molecular flexibility index (Phi) is 6.10. The number of nitrogens with zero attached hydrogens (tertiary/aromatic N) is 2. The SMILES string of the molecule is C=CCOc1ccccc1C=c1sc2n(c1=O)C(c1cccc(OC)c1)C1=C(N=2)c2ccccc2CC1. The van der Waals surface area contributed by atoms with E-state index in [0.29, 0.717) is 21.7 Å². The van der Waals surface area contributed by atoms with Crippen molar-refractivity contribution < 1.29 is 9.47 Å². The molecule has 6 rings (SSSR count). The molecule has 3 aromatic carbocycles. The maximum absolute atomic E-state index is 14.0. The first kappa shape index (κ1) is 23.3. The van der Waals surface area contributed by atoms with Gasteiger partial charge in [-0.3, -0.25) is 9.36 Å². The topological polar surface area (TPSA) is 52.8 Å². The van der Waals surface area contributed by atoms with Crippen molar-refractivity contribution in [3.05, 3.63) is 133 Å². The second-order valence-electron chi connectivity index (χ2n) is 9.03. The van der Waals surface area contributed by atoms with Crippen molar-refractivity contribution in [1.82, 2.24) is 4.57 Å². The first-order valence-electron chi connectivity index (χ1n) is 12.3. The summed E-state index contributed by atoms with van der Waals surface area (Å²) in [5.74, 6) is 1.48. The highest BCUT2D eigenvalue weighted by Crippen LogP contribution is 2.41. The second-order valence-corrected chi connectivity index (χ2v) is 10.0. The molecule has 4 aromatic rings. The Hall–Kier alpha value is -4.16. The van der Waals surface area contributed by atoms with Gasteiger partial charge in [-0.25, -0.2) is 4.99 Å². The fourth-order valence-electron chi connectivity index (χ4n) is 5.16. The number of thiazole rings is 1. The van der Waals surface area contributed by atoms with Crippen LogP contribution in [0.3, 0.4) is 0 Å². The summed E-state index contributed by atoms with van der Waals surface area (Å²) in [6.07, 6.45) is 5.38. The van der Waals surface area contributed by atoms with Crippen LogP contribution >= 0.6 is 11.3 Å². The Morgan fingerprint density at radius 1 is 1.08 bits per heavy atom. The predicted molar refractivity (Wildman–Crippen MR) is 148 cm³/mol. The van der Waals surface area contributed by atoms with Crippen LogP contribution in [0.25, 0.3) is 11.8 Å². The minimum atomic E-state index is -0.246. The lowest BCUT2D eigenvalue weighted by Crippen LogP contribution is -2.38. The number of hydrogen-bond acceptors (Lipinski definition) is 5. The number of benzene rings is 3. The van der Waals surface area contributed by atoms with Gasteiger partial charge in [-0.05, 0) is 53.8 Å². The Labute approximate surface area is 219 Å². The molecule has 0 amide bonds. The van der Waals surface area contributed by atoms with Gasteiger partial charge in [-0.2, -0.15) is 0 Å². The Bertz CT molecular complexity index is 1730. The summed E-state index contributed by atoms with van der Waals surface area (Å²) < 4.78 is 13.8. The van der Waals surface area contributed by atoms with Crippen LogP contribution in [0, 0.1) is 0 Å². The third-order valence-corrected chi connectivity index (χ3v) is 7.83. The lowest BCUT2D eigenvalue weighted by Gasteiger charge is -2.31. The van der Waals surface area contributed by atoms with Crippen molar-refractivity contribution in [1.29, 1.82) is 0 Å². The molecular formula is C31H26N2O3S. The van der Waals surface area contributed by atoms with E-state index >= 15 is 0 Å². The molecule has 0 spiro atoms. The molecule has 0 saturated heterocycles. The summed E-state index contributed by atoms with van der Waals surface area (Å²) in [5, 5.41) is 0. The van der Waals surface area contributed by atoms with Crippen molar-refractivity contribution in [2.24, 2.45) is 4.99 Å². The standard InChI is InChI=1S/C31H26N2O3S/c1-3-17-36-26-14-7-5-10-21(26)19-27-30(34)33-29(22-11-8-12-23(18-22)35-2)25-16-15-20-9-4-6-13-24(20)28(25)32-31(33)37-27/h3-14,18-19,29H,1,15-17H2,2H3. The molecule has 0 radical (unpaired) electrons. The molecule has 1 atom stereocenters. The van der Waals surface area contributed by atoms with Crippen LogP contribution in [-0.2, 0) is 6.42 Å². The maximum atomic E-state index is 14.0. The van der Waals surface area contributed by atoms with Crippen molar-refractivity contribution in [3.63, 3.8) is 0 Å². The fraction of sp³-hybridized carbons (Fsp3) is 0.161. The molecule has 6 heteroatoms. The van der Waals surface area contributed by atoms with Gasteiger partial charge in [-0.1, -0.05) is 78.6 Å². The van der Waals surface area contributed by atoms with Crippen molar-refractivity contribution in [2.75, 3.05) is 13.7 Å². The average molecular weight is 507 g/mol. The number of aromatic nitrogens is 1. The highest BCUT2D eigenvalue weighted by molar-refractivity contribution is 7.07. The molecule has 0 fully saturated rings. The summed E-state index contributed by atoms with van der Waals surface area (Å²) in [5.41, 5.74) is 6.41. The van der Waals surface area contributed by atoms with E-state index in [-0.39, 0.29) is 11.6 Å². The number of allylic oxidation sites excluding steroid dienone is 1. The summed E-state index contributed by atoms with van der Waals surface area (Å²) in [6, 6.07) is 23.9. The van der Waals surface area contributed by atoms with Crippen molar-refractivity contribution in [2.45, 2.75) is 18.9 Å². The molecule has 2 heterocycles. The molecule has 1 aliphatic carbocycles. The summed E-state index contributed by atoms with van der Waals surface area (Å²) in [7, 11) is 1.66. The van der Waals surface area contributed by atoms with E-state index in [1.807, 2.05) is 53.1 Å². The highest BCUT2D eigenvalue weighted by Gasteiger charge is 2.32. The van der Waals surface area contributed by atoms with E-state index in [9.17, 15) is 4.79 Å². The van der Waals surface area contributed by atoms with Gasteiger partial charge >= 0.3 is 0 Å². The van der Waals surface area contributed by atoms with Crippen LogP contribution in [-0.4, -0.2) is 18.3 Å². The molecule has 5 nitrogen and oxygen atoms in total. The molecule has 0 saturated carbocycles. The minimum absolute atomic E-state index is 0.0551. The van der Waals surface area contributed by atoms with E-state index in [4.69, 9.17) is 14.5 Å². The highest BCUT2D eigenvalue weighted by atomic mass is 32.1. The first-order valence-corrected chi connectivity index (χ1v) is 13.1. The van der Waals surface area contributed by atoms with Gasteiger partial charge in [0.15, 0.2) is 4.80 Å². The number of rotatable bonds is 6. The van der Waals surface area contributed by atoms with Crippen LogP contribution in [0.15, 0.2) is 101 Å². The summed E-state index contributed by atoms with van der Waals surface area (Å²) in [4.78, 5) is 19.8. The van der Waals surface area contributed by atoms with Crippen LogP contribution in [0.4, 0.5) is 0 Å². The average Bonchev–Trinajstić information content (AvgIpc) is 3.25. The van der Waals surface area contributed by atoms with E-state index in [1.165, 1.54) is 22.5 Å². The number of methoxy groups -OCH3 is 1. The first-order chi connectivity index (χ1) is 18.2. The maximum Gasteiger partial charge on any atom is 0.271 e. The molecule has 37 heavy (non-hydrogen) atoms. The third kappa shape index (κ3) is 4.13. The Morgan fingerprint density at radius 3 is 2.78 bits per heavy atom. The smallest absolute Gasteiger partial charge is 0.271 e. The summed E-state index contributed by atoms with van der Waals surface area (Å²) in [6.45, 7) is 4.13. The molecular weight excluding hydrogens is 480 g/mol. The normalized spacial score (nSPS) is 16.4. The lowest BCUT2D eigenvalue weighted by molar-refractivity contribution is 0.362. The van der Waals surface area contributed by atoms with Crippen molar-refractivity contribution >= 4 is 23.1 Å². The van der Waals surface area contributed by atoms with E-state index < -0.39 is 0 Å². The summed E-state index contributed by atoms with van der Waals surface area (Å²) >= 11 is 1.42. The number of ether oxygens (including phenoxy) is 2. The monoisotopic (exact) mass is 506 g/mol. The van der Waals surface area contributed by atoms with Gasteiger partial charge in [0.2, 0.25) is 0 Å². The Balaban J connectivity index is 1.59. The molecule has 2 aliphatic rings. The van der Waals surface area contributed by atoms with Gasteiger partial charge in [0, 0.05) is 11.1 Å². The van der Waals surface area contributed by atoms with Crippen LogP contribution < -0.4 is 24.4 Å². The van der Waals surface area contributed by atoms with E-state index in [2.05, 4.69) is 36.9 Å². The predicted octanol–water partition coefficient (Wildman–Crippen LogP) is 4.89. The second kappa shape index (κ2) is 9.71. The molecule has 184 valence electrons. The van der Waals surface area contributed by atoms with Gasteiger partial charge < -0.3 is 9.47 Å². The number of aryl methyl sites for hydroxylation is 1. The van der Waals surface area contributed by atoms with Gasteiger partial charge in [0.05, 0.1) is 23.4 Å². The number of hydrogen-bond donors (Lipinski definition) is 0. The quantitative estimate of drug-likeness (QED) is 0.350. The van der Waals surface area contributed by atoms with Gasteiger partial charge in [-0.15, -0.1) is 0 Å². The zero-order valence-corrected chi connectivity index (χ0v) is 21.3. The van der Waals surface area contributed by atoms with E-state index in [0.717, 1.165) is 41.0 Å². The molecule has 0 bridgehead atoms. The van der Waals surface area contributed by atoms with Gasteiger partial charge in [0.25, 0.3) is 5.56 Å². The van der Waals surface area contributed by atoms with Crippen LogP contribution in [0.1, 0.15) is 34.7 Å². The minimum Gasteiger partial charge on any atom is -0.497 e. The van der Waals surface area contributed by atoms with Crippen LogP contribution in [0.2, 0.25) is 0 Å². The molecule has 1 unspecified atom stereocenters.